The predicted molar refractivity (Wildman–Crippen MR) is 65.0 cm³/mol. The fraction of sp³-hybridized carbons (Fsp3) is 0.417. The molecule has 2 atom stereocenters. The number of nitrogens with one attached hydrogen (secondary N) is 1. The van der Waals surface area contributed by atoms with Crippen LogP contribution in [0, 0.1) is 0 Å². The van der Waals surface area contributed by atoms with Crippen molar-refractivity contribution in [1.82, 2.24) is 5.32 Å². The van der Waals surface area contributed by atoms with Crippen molar-refractivity contribution in [1.29, 1.82) is 0 Å². The molecule has 0 heterocycles. The van der Waals surface area contributed by atoms with Crippen LogP contribution in [0.2, 0.25) is 0 Å². The van der Waals surface area contributed by atoms with Gasteiger partial charge in [-0.25, -0.2) is 0 Å². The lowest BCUT2D eigenvalue weighted by Gasteiger charge is -2.15. The van der Waals surface area contributed by atoms with Crippen LogP contribution in [0.5, 0.6) is 5.75 Å². The van der Waals surface area contributed by atoms with E-state index in [9.17, 15) is 9.90 Å². The molecule has 0 aliphatic carbocycles. The van der Waals surface area contributed by atoms with Crippen LogP contribution in [-0.2, 0) is 0 Å². The van der Waals surface area contributed by atoms with Crippen molar-refractivity contribution in [3.63, 3.8) is 0 Å². The molecule has 1 aromatic rings. The third-order valence-corrected chi connectivity index (χ3v) is 2.47. The highest BCUT2D eigenvalue weighted by Gasteiger charge is 2.11. The van der Waals surface area contributed by atoms with Gasteiger partial charge in [0, 0.05) is 18.2 Å². The summed E-state index contributed by atoms with van der Waals surface area (Å²) in [6, 6.07) is 6.30. The Balaban J connectivity index is 2.52. The van der Waals surface area contributed by atoms with Gasteiger partial charge in [-0.05, 0) is 31.2 Å². The Labute approximate surface area is 101 Å². The number of ether oxygens (including phenoxy) is 1. The van der Waals surface area contributed by atoms with Crippen LogP contribution >= 0.6 is 0 Å². The number of hydrogen-bond acceptors (Lipinski definition) is 4. The number of aliphatic hydroxyl groups excluding tert-OH is 1. The number of nitrogens with two attached hydrogens (primary N) is 1. The van der Waals surface area contributed by atoms with Gasteiger partial charge in [-0.15, -0.1) is 0 Å². The fourth-order valence-corrected chi connectivity index (χ4v) is 1.23. The van der Waals surface area contributed by atoms with Crippen LogP contribution in [0.25, 0.3) is 0 Å². The summed E-state index contributed by atoms with van der Waals surface area (Å²) in [6.45, 7) is 1.83. The maximum atomic E-state index is 11.7. The van der Waals surface area contributed by atoms with Gasteiger partial charge >= 0.3 is 0 Å². The molecule has 1 amide bonds. The van der Waals surface area contributed by atoms with E-state index in [4.69, 9.17) is 10.5 Å². The molecular formula is C12H18N2O3. The molecule has 0 aliphatic heterocycles. The number of rotatable bonds is 5. The minimum absolute atomic E-state index is 0.219. The van der Waals surface area contributed by atoms with E-state index < -0.39 is 12.1 Å². The zero-order chi connectivity index (χ0) is 12.8. The van der Waals surface area contributed by atoms with E-state index in [1.54, 1.807) is 38.3 Å². The van der Waals surface area contributed by atoms with Crippen LogP contribution in [0.15, 0.2) is 24.3 Å². The van der Waals surface area contributed by atoms with E-state index in [1.807, 2.05) is 0 Å². The first kappa shape index (κ1) is 13.5. The van der Waals surface area contributed by atoms with Gasteiger partial charge in [-0.3, -0.25) is 4.79 Å². The van der Waals surface area contributed by atoms with Crippen LogP contribution in [0.1, 0.15) is 17.3 Å². The van der Waals surface area contributed by atoms with Crippen molar-refractivity contribution in [3.8, 4) is 5.75 Å². The highest BCUT2D eigenvalue weighted by Crippen LogP contribution is 2.10. The molecule has 4 N–H and O–H groups in total. The summed E-state index contributed by atoms with van der Waals surface area (Å²) in [5.41, 5.74) is 6.13. The van der Waals surface area contributed by atoms with Crippen LogP contribution in [0.3, 0.4) is 0 Å². The molecule has 0 radical (unpaired) electrons. The summed E-state index contributed by atoms with van der Waals surface area (Å²) < 4.78 is 4.99. The summed E-state index contributed by atoms with van der Waals surface area (Å²) in [5.74, 6) is 0.478. The van der Waals surface area contributed by atoms with Crippen molar-refractivity contribution < 1.29 is 14.6 Å². The average molecular weight is 238 g/mol. The molecule has 0 fully saturated rings. The Morgan fingerprint density at radius 2 is 2.06 bits per heavy atom. The summed E-state index contributed by atoms with van der Waals surface area (Å²) in [6.07, 6.45) is -0.647. The maximum Gasteiger partial charge on any atom is 0.251 e. The van der Waals surface area contributed by atoms with Gasteiger partial charge in [0.15, 0.2) is 0 Å². The monoisotopic (exact) mass is 238 g/mol. The van der Waals surface area contributed by atoms with E-state index >= 15 is 0 Å². The standard InChI is InChI=1S/C12H18N2O3/c1-8(15)11(13)7-14-12(16)9-3-5-10(17-2)6-4-9/h3-6,8,11,15H,7,13H2,1-2H3,(H,14,16). The molecule has 2 unspecified atom stereocenters. The molecule has 0 aromatic heterocycles. The zero-order valence-corrected chi connectivity index (χ0v) is 10.0. The summed E-state index contributed by atoms with van der Waals surface area (Å²) in [4.78, 5) is 11.7. The summed E-state index contributed by atoms with van der Waals surface area (Å²) >= 11 is 0. The Morgan fingerprint density at radius 1 is 1.47 bits per heavy atom. The number of carbonyl (C=O) groups excluding carboxylic acids is 1. The van der Waals surface area contributed by atoms with E-state index in [0.29, 0.717) is 11.3 Å². The second kappa shape index (κ2) is 6.22. The van der Waals surface area contributed by atoms with Gasteiger partial charge in [0.1, 0.15) is 5.75 Å². The molecule has 0 saturated heterocycles. The Bertz CT molecular complexity index is 363. The van der Waals surface area contributed by atoms with Crippen molar-refractivity contribution >= 4 is 5.91 Å². The molecule has 0 spiro atoms. The topological polar surface area (TPSA) is 84.6 Å². The first-order valence-corrected chi connectivity index (χ1v) is 5.40. The molecule has 17 heavy (non-hydrogen) atoms. The van der Waals surface area contributed by atoms with E-state index in [1.165, 1.54) is 0 Å². The van der Waals surface area contributed by atoms with Crippen LogP contribution in [0.4, 0.5) is 0 Å². The number of amides is 1. The van der Waals surface area contributed by atoms with Crippen molar-refractivity contribution in [3.05, 3.63) is 29.8 Å². The third kappa shape index (κ3) is 4.05. The third-order valence-electron chi connectivity index (χ3n) is 2.47. The van der Waals surface area contributed by atoms with Gasteiger partial charge in [-0.1, -0.05) is 0 Å². The van der Waals surface area contributed by atoms with Crippen LogP contribution < -0.4 is 15.8 Å². The van der Waals surface area contributed by atoms with Gasteiger partial charge in [0.2, 0.25) is 0 Å². The zero-order valence-electron chi connectivity index (χ0n) is 10.0. The lowest BCUT2D eigenvalue weighted by Crippen LogP contribution is -2.43. The molecule has 0 bridgehead atoms. The molecular weight excluding hydrogens is 220 g/mol. The highest BCUT2D eigenvalue weighted by atomic mass is 16.5. The van der Waals surface area contributed by atoms with Crippen molar-refractivity contribution in [2.24, 2.45) is 5.73 Å². The van der Waals surface area contributed by atoms with E-state index in [2.05, 4.69) is 5.32 Å². The molecule has 1 aromatic carbocycles. The van der Waals surface area contributed by atoms with Gasteiger partial charge < -0.3 is 20.9 Å². The largest absolute Gasteiger partial charge is 0.497 e. The molecule has 0 saturated carbocycles. The summed E-state index contributed by atoms with van der Waals surface area (Å²) in [7, 11) is 1.57. The van der Waals surface area contributed by atoms with Crippen LogP contribution in [-0.4, -0.2) is 36.8 Å². The number of methoxy groups -OCH3 is 1. The Kier molecular flexibility index (Phi) is 4.93. The normalized spacial score (nSPS) is 13.9. The quantitative estimate of drug-likeness (QED) is 0.681. The lowest BCUT2D eigenvalue weighted by molar-refractivity contribution is 0.0937. The Hall–Kier alpha value is -1.59. The van der Waals surface area contributed by atoms with Crippen molar-refractivity contribution in [2.45, 2.75) is 19.1 Å². The molecule has 5 heteroatoms. The molecule has 1 rings (SSSR count). The number of aliphatic hydroxyl groups is 1. The minimum Gasteiger partial charge on any atom is -0.497 e. The van der Waals surface area contributed by atoms with Gasteiger partial charge in [0.25, 0.3) is 5.91 Å². The predicted octanol–water partition coefficient (Wildman–Crippen LogP) is 0.133. The molecule has 5 nitrogen and oxygen atoms in total. The molecule has 94 valence electrons. The average Bonchev–Trinajstić information content (AvgIpc) is 2.35. The number of carbonyl (C=O) groups is 1. The smallest absolute Gasteiger partial charge is 0.251 e. The Morgan fingerprint density at radius 3 is 2.53 bits per heavy atom. The summed E-state index contributed by atoms with van der Waals surface area (Å²) in [5, 5.41) is 11.8. The second-order valence-corrected chi connectivity index (χ2v) is 3.84. The first-order valence-electron chi connectivity index (χ1n) is 5.40. The number of hydrogen-bond donors (Lipinski definition) is 3. The fourth-order valence-electron chi connectivity index (χ4n) is 1.23. The maximum absolute atomic E-state index is 11.7. The second-order valence-electron chi connectivity index (χ2n) is 3.84. The van der Waals surface area contributed by atoms with E-state index in [-0.39, 0.29) is 12.5 Å². The number of benzene rings is 1. The highest BCUT2D eigenvalue weighted by molar-refractivity contribution is 5.94. The van der Waals surface area contributed by atoms with Gasteiger partial charge in [-0.2, -0.15) is 0 Å². The van der Waals surface area contributed by atoms with Gasteiger partial charge in [0.05, 0.1) is 13.2 Å². The molecule has 0 aliphatic rings. The van der Waals surface area contributed by atoms with E-state index in [0.717, 1.165) is 0 Å². The minimum atomic E-state index is -0.647. The lowest BCUT2D eigenvalue weighted by atomic mass is 10.1. The SMILES string of the molecule is COc1ccc(C(=O)NCC(N)C(C)O)cc1. The first-order chi connectivity index (χ1) is 8.04. The van der Waals surface area contributed by atoms with Crippen molar-refractivity contribution in [2.75, 3.05) is 13.7 Å².